The maximum Gasteiger partial charge on any atom is 0.213 e. The summed E-state index contributed by atoms with van der Waals surface area (Å²) in [5.74, 6) is 0.711. The summed E-state index contributed by atoms with van der Waals surface area (Å²) in [5.41, 5.74) is 1.69. The van der Waals surface area contributed by atoms with E-state index in [9.17, 15) is 0 Å². The Balaban J connectivity index is 1.65. The molecule has 0 unspecified atom stereocenters. The highest BCUT2D eigenvalue weighted by molar-refractivity contribution is 5.20. The van der Waals surface area contributed by atoms with Crippen molar-refractivity contribution in [3.63, 3.8) is 0 Å². The van der Waals surface area contributed by atoms with Crippen LogP contribution in [-0.4, -0.2) is 42.2 Å². The van der Waals surface area contributed by atoms with Crippen LogP contribution in [0.25, 0.3) is 0 Å². The largest absolute Gasteiger partial charge is 0.481 e. The molecule has 1 saturated carbocycles. The van der Waals surface area contributed by atoms with Gasteiger partial charge in [-0.25, -0.2) is 4.98 Å². The number of methoxy groups -OCH3 is 1. The SMILES string of the molecule is COc1cc(CN2CCNC3(CCCC3)C2)ccn1. The van der Waals surface area contributed by atoms with Crippen LogP contribution in [-0.2, 0) is 6.54 Å². The normalized spacial score (nSPS) is 22.8. The smallest absolute Gasteiger partial charge is 0.213 e. The van der Waals surface area contributed by atoms with Crippen molar-refractivity contribution in [2.45, 2.75) is 37.8 Å². The Labute approximate surface area is 115 Å². The van der Waals surface area contributed by atoms with Gasteiger partial charge < -0.3 is 10.1 Å². The minimum absolute atomic E-state index is 0.398. The lowest BCUT2D eigenvalue weighted by molar-refractivity contribution is 0.128. The summed E-state index contributed by atoms with van der Waals surface area (Å²) < 4.78 is 5.20. The monoisotopic (exact) mass is 261 g/mol. The molecule has 1 spiro atoms. The zero-order valence-corrected chi connectivity index (χ0v) is 11.7. The zero-order chi connectivity index (χ0) is 13.1. The van der Waals surface area contributed by atoms with Crippen LogP contribution in [0.3, 0.4) is 0 Å². The van der Waals surface area contributed by atoms with Gasteiger partial charge in [0.25, 0.3) is 0 Å². The van der Waals surface area contributed by atoms with Gasteiger partial charge in [0.05, 0.1) is 7.11 Å². The van der Waals surface area contributed by atoms with Gasteiger partial charge in [0.1, 0.15) is 0 Å². The molecule has 104 valence electrons. The van der Waals surface area contributed by atoms with E-state index in [0.29, 0.717) is 11.4 Å². The second-order valence-electron chi connectivity index (χ2n) is 5.83. The third-order valence-corrected chi connectivity index (χ3v) is 4.43. The lowest BCUT2D eigenvalue weighted by Gasteiger charge is -2.41. The summed E-state index contributed by atoms with van der Waals surface area (Å²) in [6.45, 7) is 4.43. The van der Waals surface area contributed by atoms with Gasteiger partial charge in [-0.15, -0.1) is 0 Å². The van der Waals surface area contributed by atoms with Crippen LogP contribution in [0.15, 0.2) is 18.3 Å². The van der Waals surface area contributed by atoms with Gasteiger partial charge in [-0.05, 0) is 24.5 Å². The van der Waals surface area contributed by atoms with E-state index in [1.165, 1.54) is 37.8 Å². The van der Waals surface area contributed by atoms with Crippen molar-refractivity contribution in [3.8, 4) is 5.88 Å². The minimum Gasteiger partial charge on any atom is -0.481 e. The number of ether oxygens (including phenoxy) is 1. The maximum absolute atomic E-state index is 5.20. The lowest BCUT2D eigenvalue weighted by atomic mass is 9.94. The molecule has 0 radical (unpaired) electrons. The number of piperazine rings is 1. The number of hydrogen-bond acceptors (Lipinski definition) is 4. The van der Waals surface area contributed by atoms with E-state index in [4.69, 9.17) is 4.74 Å². The second kappa shape index (κ2) is 5.47. The van der Waals surface area contributed by atoms with Gasteiger partial charge in [0.15, 0.2) is 0 Å². The minimum atomic E-state index is 0.398. The van der Waals surface area contributed by atoms with E-state index in [1.807, 2.05) is 12.3 Å². The Morgan fingerprint density at radius 2 is 2.26 bits per heavy atom. The molecule has 2 fully saturated rings. The molecular weight excluding hydrogens is 238 g/mol. The molecular formula is C15H23N3O. The van der Waals surface area contributed by atoms with Crippen LogP contribution >= 0.6 is 0 Å². The maximum atomic E-state index is 5.20. The molecule has 1 aliphatic heterocycles. The van der Waals surface area contributed by atoms with Crippen LogP contribution in [0.5, 0.6) is 5.88 Å². The number of rotatable bonds is 3. The number of hydrogen-bond donors (Lipinski definition) is 1. The molecule has 1 saturated heterocycles. The molecule has 2 heterocycles. The van der Waals surface area contributed by atoms with Crippen molar-refractivity contribution >= 4 is 0 Å². The first-order valence-electron chi connectivity index (χ1n) is 7.26. The van der Waals surface area contributed by atoms with Gasteiger partial charge in [-0.3, -0.25) is 4.90 Å². The third-order valence-electron chi connectivity index (χ3n) is 4.43. The number of aromatic nitrogens is 1. The summed E-state index contributed by atoms with van der Waals surface area (Å²) in [6, 6.07) is 4.13. The van der Waals surface area contributed by atoms with E-state index in [2.05, 4.69) is 21.3 Å². The summed E-state index contributed by atoms with van der Waals surface area (Å²) in [7, 11) is 1.67. The van der Waals surface area contributed by atoms with Gasteiger partial charge in [-0.2, -0.15) is 0 Å². The van der Waals surface area contributed by atoms with Crippen LogP contribution in [0.1, 0.15) is 31.2 Å². The van der Waals surface area contributed by atoms with Crippen LogP contribution in [0.4, 0.5) is 0 Å². The Morgan fingerprint density at radius 1 is 1.42 bits per heavy atom. The molecule has 1 aromatic rings. The first-order valence-corrected chi connectivity index (χ1v) is 7.26. The standard InChI is InChI=1S/C15H23N3O/c1-19-14-10-13(4-7-16-14)11-18-9-8-17-15(12-18)5-2-3-6-15/h4,7,10,17H,2-3,5-6,8-9,11-12H2,1H3. The Bertz CT molecular complexity index is 429. The molecule has 0 amide bonds. The molecule has 0 bridgehead atoms. The molecule has 0 atom stereocenters. The average Bonchev–Trinajstić information content (AvgIpc) is 2.87. The first kappa shape index (κ1) is 12.9. The molecule has 1 aromatic heterocycles. The van der Waals surface area contributed by atoms with Crippen molar-refractivity contribution in [1.82, 2.24) is 15.2 Å². The lowest BCUT2D eigenvalue weighted by Crippen LogP contribution is -2.58. The predicted octanol–water partition coefficient (Wildman–Crippen LogP) is 1.81. The second-order valence-corrected chi connectivity index (χ2v) is 5.83. The Hall–Kier alpha value is -1.13. The summed E-state index contributed by atoms with van der Waals surface area (Å²) in [6.07, 6.45) is 7.27. The highest BCUT2D eigenvalue weighted by Crippen LogP contribution is 2.32. The fraction of sp³-hybridized carbons (Fsp3) is 0.667. The summed E-state index contributed by atoms with van der Waals surface area (Å²) in [5, 5.41) is 3.75. The average molecular weight is 261 g/mol. The van der Waals surface area contributed by atoms with Crippen molar-refractivity contribution in [3.05, 3.63) is 23.9 Å². The third kappa shape index (κ3) is 2.90. The first-order chi connectivity index (χ1) is 9.30. The molecule has 1 aliphatic carbocycles. The number of nitrogens with zero attached hydrogens (tertiary/aromatic N) is 2. The molecule has 3 rings (SSSR count). The Kier molecular flexibility index (Phi) is 3.71. The van der Waals surface area contributed by atoms with E-state index in [-0.39, 0.29) is 0 Å². The van der Waals surface area contributed by atoms with Crippen LogP contribution < -0.4 is 10.1 Å². The van der Waals surface area contributed by atoms with Crippen molar-refractivity contribution in [2.24, 2.45) is 0 Å². The van der Waals surface area contributed by atoms with Crippen molar-refractivity contribution in [1.29, 1.82) is 0 Å². The van der Waals surface area contributed by atoms with E-state index in [1.54, 1.807) is 7.11 Å². The highest BCUT2D eigenvalue weighted by atomic mass is 16.5. The van der Waals surface area contributed by atoms with Gasteiger partial charge in [-0.1, -0.05) is 12.8 Å². The number of nitrogens with one attached hydrogen (secondary N) is 1. The molecule has 4 heteroatoms. The molecule has 19 heavy (non-hydrogen) atoms. The van der Waals surface area contributed by atoms with Crippen LogP contribution in [0, 0.1) is 0 Å². The Morgan fingerprint density at radius 3 is 3.05 bits per heavy atom. The fourth-order valence-electron chi connectivity index (χ4n) is 3.48. The van der Waals surface area contributed by atoms with Crippen molar-refractivity contribution in [2.75, 3.05) is 26.7 Å². The molecule has 1 N–H and O–H groups in total. The van der Waals surface area contributed by atoms with Crippen molar-refractivity contribution < 1.29 is 4.74 Å². The van der Waals surface area contributed by atoms with Crippen LogP contribution in [0.2, 0.25) is 0 Å². The van der Waals surface area contributed by atoms with E-state index >= 15 is 0 Å². The predicted molar refractivity (Wildman–Crippen MR) is 75.3 cm³/mol. The molecule has 4 nitrogen and oxygen atoms in total. The zero-order valence-electron chi connectivity index (χ0n) is 11.7. The highest BCUT2D eigenvalue weighted by Gasteiger charge is 2.37. The molecule has 0 aromatic carbocycles. The summed E-state index contributed by atoms with van der Waals surface area (Å²) in [4.78, 5) is 6.73. The number of pyridine rings is 1. The van der Waals surface area contributed by atoms with Gasteiger partial charge >= 0.3 is 0 Å². The van der Waals surface area contributed by atoms with Gasteiger partial charge in [0, 0.05) is 44.0 Å². The van der Waals surface area contributed by atoms with Gasteiger partial charge in [0.2, 0.25) is 5.88 Å². The molecule has 2 aliphatic rings. The topological polar surface area (TPSA) is 37.4 Å². The quantitative estimate of drug-likeness (QED) is 0.900. The van der Waals surface area contributed by atoms with E-state index < -0.39 is 0 Å². The fourth-order valence-corrected chi connectivity index (χ4v) is 3.48. The summed E-state index contributed by atoms with van der Waals surface area (Å²) >= 11 is 0. The van der Waals surface area contributed by atoms with E-state index in [0.717, 1.165) is 19.6 Å².